The van der Waals surface area contributed by atoms with Crippen LogP contribution in [0.5, 0.6) is 0 Å². The third-order valence-corrected chi connectivity index (χ3v) is 13.7. The summed E-state index contributed by atoms with van der Waals surface area (Å²) in [6, 6.07) is 9.07. The van der Waals surface area contributed by atoms with Crippen LogP contribution in [0, 0.1) is 0 Å². The maximum atomic E-state index is 3.87. The number of fused-ring (bicyclic) bond motifs is 1. The molecule has 0 bridgehead atoms. The standard InChI is InChI=1S/C16H10Br2S2Te2/c17-13-11(7-9-3-1-5-21-9)19-16-14(18)12(20-15(13)16)8-10-4-2-6-22-10/h1-6H,7-8H2. The predicted molar refractivity (Wildman–Crippen MR) is 107 cm³/mol. The molecular weight excluding hydrogens is 671 g/mol. The van der Waals surface area contributed by atoms with E-state index in [9.17, 15) is 0 Å². The average molecular weight is 681 g/mol. The number of thiophene rings is 2. The van der Waals surface area contributed by atoms with Crippen molar-refractivity contribution in [3.8, 4) is 0 Å². The molecule has 112 valence electrons. The Hall–Kier alpha value is 1.16. The molecule has 6 heteroatoms. The summed E-state index contributed by atoms with van der Waals surface area (Å²) in [7, 11) is 0. The van der Waals surface area contributed by atoms with E-state index in [1.807, 2.05) is 22.7 Å². The van der Waals surface area contributed by atoms with Crippen molar-refractivity contribution >= 4 is 105 Å². The molecule has 0 fully saturated rings. The van der Waals surface area contributed by atoms with Gasteiger partial charge in [-0.3, -0.25) is 0 Å². The van der Waals surface area contributed by atoms with Gasteiger partial charge in [0.05, 0.1) is 0 Å². The quantitative estimate of drug-likeness (QED) is 0.240. The van der Waals surface area contributed by atoms with Gasteiger partial charge in [-0.15, -0.1) is 0 Å². The summed E-state index contributed by atoms with van der Waals surface area (Å²) in [5.41, 5.74) is 0. The molecule has 4 aromatic heterocycles. The Morgan fingerprint density at radius 3 is 1.59 bits per heavy atom. The van der Waals surface area contributed by atoms with Crippen molar-refractivity contribution in [2.75, 3.05) is 0 Å². The van der Waals surface area contributed by atoms with Gasteiger partial charge >= 0.3 is 176 Å². The van der Waals surface area contributed by atoms with Crippen molar-refractivity contribution in [3.63, 3.8) is 0 Å². The van der Waals surface area contributed by atoms with Crippen LogP contribution in [0.15, 0.2) is 41.4 Å². The second-order valence-corrected chi connectivity index (χ2v) is 14.5. The second kappa shape index (κ2) is 7.18. The van der Waals surface area contributed by atoms with E-state index in [-0.39, 0.29) is 40.9 Å². The van der Waals surface area contributed by atoms with Crippen LogP contribution in [0.1, 0.15) is 16.9 Å². The molecule has 0 aliphatic carbocycles. The van der Waals surface area contributed by atoms with Gasteiger partial charge in [-0.2, -0.15) is 0 Å². The van der Waals surface area contributed by atoms with Crippen molar-refractivity contribution < 1.29 is 0 Å². The third kappa shape index (κ3) is 3.29. The van der Waals surface area contributed by atoms with Crippen LogP contribution < -0.4 is 0 Å². The summed E-state index contributed by atoms with van der Waals surface area (Å²) in [5.74, 6) is 0. The Bertz CT molecular complexity index is 826. The molecule has 0 atom stereocenters. The minimum absolute atomic E-state index is 0.0286. The van der Waals surface area contributed by atoms with Crippen LogP contribution in [-0.2, 0) is 12.8 Å². The Morgan fingerprint density at radius 2 is 1.23 bits per heavy atom. The van der Waals surface area contributed by atoms with Gasteiger partial charge in [-0.05, 0) is 0 Å². The summed E-state index contributed by atoms with van der Waals surface area (Å²) in [4.78, 5) is 2.98. The van der Waals surface area contributed by atoms with Crippen molar-refractivity contribution in [2.24, 2.45) is 0 Å². The summed E-state index contributed by atoms with van der Waals surface area (Å²) in [5, 5.41) is 0. The van der Waals surface area contributed by atoms with Gasteiger partial charge in [-0.25, -0.2) is 0 Å². The molecule has 0 amide bonds. The Balaban J connectivity index is 1.71. The zero-order chi connectivity index (χ0) is 15.1. The summed E-state index contributed by atoms with van der Waals surface area (Å²) in [6.07, 6.45) is 2.26. The van der Waals surface area contributed by atoms with Crippen molar-refractivity contribution in [1.29, 1.82) is 0 Å². The van der Waals surface area contributed by atoms with Crippen LogP contribution in [0.2, 0.25) is 0 Å². The molecule has 0 spiro atoms. The summed E-state index contributed by atoms with van der Waals surface area (Å²) in [6.45, 7) is 0. The van der Waals surface area contributed by atoms with Gasteiger partial charge in [0.2, 0.25) is 0 Å². The zero-order valence-electron chi connectivity index (χ0n) is 11.3. The monoisotopic (exact) mass is 684 g/mol. The van der Waals surface area contributed by atoms with Gasteiger partial charge in [-0.1, -0.05) is 0 Å². The Kier molecular flexibility index (Phi) is 5.43. The van der Waals surface area contributed by atoms with E-state index in [4.69, 9.17) is 0 Å². The number of rotatable bonds is 4. The van der Waals surface area contributed by atoms with Crippen molar-refractivity contribution in [3.05, 3.63) is 58.3 Å². The second-order valence-electron chi connectivity index (χ2n) is 4.85. The molecule has 0 aliphatic heterocycles. The van der Waals surface area contributed by atoms with Gasteiger partial charge in [0.1, 0.15) is 0 Å². The fourth-order valence-corrected chi connectivity index (χ4v) is 11.4. The Morgan fingerprint density at radius 1 is 0.773 bits per heavy atom. The molecule has 0 nitrogen and oxygen atoms in total. The summed E-state index contributed by atoms with van der Waals surface area (Å²) < 4.78 is 13.5. The van der Waals surface area contributed by atoms with Crippen molar-refractivity contribution in [1.82, 2.24) is 0 Å². The minimum atomic E-state index is -0.0286. The molecule has 0 N–H and O–H groups in total. The SMILES string of the molecule is Brc1c(Cc2ccc[te]2)sc2c(Br)c(Cc3ccc[te]3)sc12. The van der Waals surface area contributed by atoms with E-state index in [0.717, 1.165) is 12.8 Å². The molecule has 4 rings (SSSR count). The molecule has 0 aliphatic rings. The van der Waals surface area contributed by atoms with Crippen LogP contribution in [0.25, 0.3) is 9.40 Å². The molecule has 0 unspecified atom stereocenters. The van der Waals surface area contributed by atoms with Crippen LogP contribution in [-0.4, -0.2) is 40.9 Å². The van der Waals surface area contributed by atoms with Gasteiger partial charge in [0, 0.05) is 0 Å². The predicted octanol–water partition coefficient (Wildman–Crippen LogP) is 5.78. The molecule has 0 saturated heterocycles. The van der Waals surface area contributed by atoms with Crippen LogP contribution >= 0.6 is 54.5 Å². The molecular formula is C16H10Br2S2Te2. The first-order chi connectivity index (χ1) is 10.7. The summed E-state index contributed by atoms with van der Waals surface area (Å²) >= 11 is 11.6. The first-order valence-corrected chi connectivity index (χ1v) is 14.9. The molecule has 4 heterocycles. The maximum absolute atomic E-state index is 3.87. The zero-order valence-corrected chi connectivity index (χ0v) is 20.7. The topological polar surface area (TPSA) is 0 Å². The molecule has 22 heavy (non-hydrogen) atoms. The van der Waals surface area contributed by atoms with E-state index in [1.54, 1.807) is 7.16 Å². The first kappa shape index (κ1) is 16.6. The average Bonchev–Trinajstić information content (AvgIpc) is 3.26. The normalized spacial score (nSPS) is 11.5. The van der Waals surface area contributed by atoms with E-state index in [2.05, 4.69) is 64.3 Å². The van der Waals surface area contributed by atoms with Crippen LogP contribution in [0.4, 0.5) is 0 Å². The number of hydrogen-bond acceptors (Lipinski definition) is 2. The third-order valence-electron chi connectivity index (χ3n) is 3.37. The van der Waals surface area contributed by atoms with Crippen LogP contribution in [0.3, 0.4) is 0 Å². The van der Waals surface area contributed by atoms with Crippen molar-refractivity contribution in [2.45, 2.75) is 12.8 Å². The molecule has 0 aromatic carbocycles. The van der Waals surface area contributed by atoms with Gasteiger partial charge in [0.15, 0.2) is 0 Å². The fraction of sp³-hybridized carbons (Fsp3) is 0.125. The Labute approximate surface area is 173 Å². The number of hydrogen-bond donors (Lipinski definition) is 0. The molecule has 4 aromatic rings. The first-order valence-electron chi connectivity index (χ1n) is 6.65. The fourth-order valence-electron chi connectivity index (χ4n) is 2.34. The van der Waals surface area contributed by atoms with Gasteiger partial charge in [0.25, 0.3) is 0 Å². The van der Waals surface area contributed by atoms with E-state index < -0.39 is 0 Å². The van der Waals surface area contributed by atoms with E-state index >= 15 is 0 Å². The molecule has 0 saturated carbocycles. The number of halogens is 2. The van der Waals surface area contributed by atoms with E-state index in [1.165, 1.54) is 28.1 Å². The molecule has 0 radical (unpaired) electrons. The van der Waals surface area contributed by atoms with E-state index in [0.29, 0.717) is 0 Å². The van der Waals surface area contributed by atoms with Gasteiger partial charge < -0.3 is 0 Å².